The van der Waals surface area contributed by atoms with Gasteiger partial charge in [0.25, 0.3) is 0 Å². The molecule has 2 rings (SSSR count). The molecule has 6 nitrogen and oxygen atoms in total. The number of nitrogens with one attached hydrogen (secondary N) is 1. The Bertz CT molecular complexity index is 553. The van der Waals surface area contributed by atoms with Crippen molar-refractivity contribution in [2.45, 2.75) is 6.04 Å². The van der Waals surface area contributed by atoms with Crippen LogP contribution in [0.5, 0.6) is 11.5 Å². The predicted octanol–water partition coefficient (Wildman–Crippen LogP) is 0.990. The van der Waals surface area contributed by atoms with E-state index in [1.165, 1.54) is 0 Å². The predicted molar refractivity (Wildman–Crippen MR) is 71.9 cm³/mol. The molecule has 6 heteroatoms. The molecule has 0 aliphatic rings. The number of hydrogen-bond donors (Lipinski definition) is 2. The minimum Gasteiger partial charge on any atom is -0.493 e. The quantitative estimate of drug-likeness (QED) is 0.621. The van der Waals surface area contributed by atoms with Crippen molar-refractivity contribution >= 4 is 0 Å². The van der Waals surface area contributed by atoms with Crippen molar-refractivity contribution < 1.29 is 9.47 Å². The molecule has 102 valence electrons. The van der Waals surface area contributed by atoms with Crippen molar-refractivity contribution in [3.63, 3.8) is 0 Å². The van der Waals surface area contributed by atoms with Crippen LogP contribution in [0, 0.1) is 0 Å². The summed E-state index contributed by atoms with van der Waals surface area (Å²) in [5.41, 5.74) is 3.64. The summed E-state index contributed by atoms with van der Waals surface area (Å²) >= 11 is 0. The van der Waals surface area contributed by atoms with Crippen LogP contribution < -0.4 is 20.7 Å². The number of para-hydroxylation sites is 1. The van der Waals surface area contributed by atoms with Gasteiger partial charge in [0, 0.05) is 25.0 Å². The molecule has 1 aromatic heterocycles. The molecule has 1 unspecified atom stereocenters. The molecule has 0 fully saturated rings. The molecule has 0 radical (unpaired) electrons. The van der Waals surface area contributed by atoms with Crippen LogP contribution in [0.2, 0.25) is 0 Å². The molecule has 1 atom stereocenters. The number of hydrazine groups is 1. The number of aromatic nitrogens is 2. The molecule has 19 heavy (non-hydrogen) atoms. The van der Waals surface area contributed by atoms with E-state index >= 15 is 0 Å². The van der Waals surface area contributed by atoms with Crippen LogP contribution in [0.4, 0.5) is 0 Å². The molecule has 2 aromatic rings. The zero-order valence-corrected chi connectivity index (χ0v) is 11.3. The smallest absolute Gasteiger partial charge is 0.165 e. The maximum absolute atomic E-state index is 5.68. The molecule has 1 heterocycles. The van der Waals surface area contributed by atoms with E-state index in [1.807, 2.05) is 36.0 Å². The second-order valence-electron chi connectivity index (χ2n) is 4.08. The van der Waals surface area contributed by atoms with Crippen LogP contribution in [0.3, 0.4) is 0 Å². The van der Waals surface area contributed by atoms with Gasteiger partial charge in [-0.1, -0.05) is 12.1 Å². The zero-order valence-electron chi connectivity index (χ0n) is 11.3. The SMILES string of the molecule is COc1cccc(C(NN)c2nccn2C)c1OC. The molecule has 0 saturated heterocycles. The Balaban J connectivity index is 2.53. The fourth-order valence-corrected chi connectivity index (χ4v) is 2.10. The van der Waals surface area contributed by atoms with Gasteiger partial charge in [0.1, 0.15) is 11.9 Å². The van der Waals surface area contributed by atoms with Crippen molar-refractivity contribution in [1.29, 1.82) is 0 Å². The highest BCUT2D eigenvalue weighted by atomic mass is 16.5. The van der Waals surface area contributed by atoms with E-state index < -0.39 is 0 Å². The van der Waals surface area contributed by atoms with E-state index in [4.69, 9.17) is 15.3 Å². The van der Waals surface area contributed by atoms with Gasteiger partial charge in [-0.3, -0.25) is 5.84 Å². The molecule has 0 aliphatic carbocycles. The summed E-state index contributed by atoms with van der Waals surface area (Å²) in [4.78, 5) is 4.32. The first-order valence-electron chi connectivity index (χ1n) is 5.87. The van der Waals surface area contributed by atoms with Crippen molar-refractivity contribution in [3.8, 4) is 11.5 Å². The van der Waals surface area contributed by atoms with E-state index in [2.05, 4.69) is 10.4 Å². The van der Waals surface area contributed by atoms with Crippen molar-refractivity contribution in [3.05, 3.63) is 42.0 Å². The largest absolute Gasteiger partial charge is 0.493 e. The highest BCUT2D eigenvalue weighted by Gasteiger charge is 2.22. The van der Waals surface area contributed by atoms with Gasteiger partial charge in [0.15, 0.2) is 11.5 Å². The summed E-state index contributed by atoms with van der Waals surface area (Å²) in [6, 6.07) is 5.39. The maximum Gasteiger partial charge on any atom is 0.165 e. The number of methoxy groups -OCH3 is 2. The van der Waals surface area contributed by atoms with Crippen LogP contribution in [-0.4, -0.2) is 23.8 Å². The minimum atomic E-state index is -0.273. The Morgan fingerprint density at radius 3 is 2.63 bits per heavy atom. The summed E-state index contributed by atoms with van der Waals surface area (Å²) in [5.74, 6) is 7.79. The van der Waals surface area contributed by atoms with E-state index in [1.54, 1.807) is 20.4 Å². The standard InChI is InChI=1S/C13H18N4O2/c1-17-8-7-15-13(17)11(16-14)9-5-4-6-10(18-2)12(9)19-3/h4-8,11,16H,14H2,1-3H3. The van der Waals surface area contributed by atoms with Gasteiger partial charge in [-0.05, 0) is 6.07 Å². The van der Waals surface area contributed by atoms with Gasteiger partial charge in [-0.15, -0.1) is 0 Å². The van der Waals surface area contributed by atoms with E-state index in [-0.39, 0.29) is 6.04 Å². The summed E-state index contributed by atoms with van der Waals surface area (Å²) < 4.78 is 12.6. The highest BCUT2D eigenvalue weighted by Crippen LogP contribution is 2.36. The van der Waals surface area contributed by atoms with Crippen LogP contribution >= 0.6 is 0 Å². The zero-order chi connectivity index (χ0) is 13.8. The van der Waals surface area contributed by atoms with Crippen molar-refractivity contribution in [1.82, 2.24) is 15.0 Å². The summed E-state index contributed by atoms with van der Waals surface area (Å²) in [6.07, 6.45) is 3.60. The second kappa shape index (κ2) is 5.73. The van der Waals surface area contributed by atoms with E-state index in [0.717, 1.165) is 11.4 Å². The first-order valence-corrected chi connectivity index (χ1v) is 5.87. The maximum atomic E-state index is 5.68. The summed E-state index contributed by atoms with van der Waals surface area (Å²) in [7, 11) is 5.12. The Labute approximate surface area is 112 Å². The lowest BCUT2D eigenvalue weighted by Crippen LogP contribution is -2.31. The molecule has 0 spiro atoms. The molecule has 0 aliphatic heterocycles. The molecule has 3 N–H and O–H groups in total. The summed E-state index contributed by atoms with van der Waals surface area (Å²) in [6.45, 7) is 0. The Hall–Kier alpha value is -2.05. The first kappa shape index (κ1) is 13.4. The lowest BCUT2D eigenvalue weighted by Gasteiger charge is -2.20. The van der Waals surface area contributed by atoms with Gasteiger partial charge in [0.05, 0.1) is 14.2 Å². The average Bonchev–Trinajstić information content (AvgIpc) is 2.85. The van der Waals surface area contributed by atoms with Crippen LogP contribution in [0.1, 0.15) is 17.4 Å². The van der Waals surface area contributed by atoms with E-state index in [0.29, 0.717) is 11.5 Å². The van der Waals surface area contributed by atoms with Gasteiger partial charge < -0.3 is 14.0 Å². The number of benzene rings is 1. The third-order valence-electron chi connectivity index (χ3n) is 3.03. The summed E-state index contributed by atoms with van der Waals surface area (Å²) in [5, 5.41) is 0. The number of ether oxygens (including phenoxy) is 2. The van der Waals surface area contributed by atoms with Gasteiger partial charge in [0.2, 0.25) is 0 Å². The lowest BCUT2D eigenvalue weighted by molar-refractivity contribution is 0.348. The fourth-order valence-electron chi connectivity index (χ4n) is 2.10. The van der Waals surface area contributed by atoms with Crippen LogP contribution in [0.25, 0.3) is 0 Å². The van der Waals surface area contributed by atoms with Crippen molar-refractivity contribution in [2.24, 2.45) is 12.9 Å². The minimum absolute atomic E-state index is 0.273. The third-order valence-corrected chi connectivity index (χ3v) is 3.03. The van der Waals surface area contributed by atoms with Gasteiger partial charge in [-0.25, -0.2) is 10.4 Å². The number of rotatable bonds is 5. The van der Waals surface area contributed by atoms with Crippen LogP contribution in [-0.2, 0) is 7.05 Å². The van der Waals surface area contributed by atoms with Gasteiger partial charge >= 0.3 is 0 Å². The Kier molecular flexibility index (Phi) is 4.03. The second-order valence-corrected chi connectivity index (χ2v) is 4.08. The van der Waals surface area contributed by atoms with E-state index in [9.17, 15) is 0 Å². The van der Waals surface area contributed by atoms with Crippen LogP contribution in [0.15, 0.2) is 30.6 Å². The Morgan fingerprint density at radius 2 is 2.11 bits per heavy atom. The highest BCUT2D eigenvalue weighted by molar-refractivity contribution is 5.49. The molecule has 0 bridgehead atoms. The number of hydrogen-bond acceptors (Lipinski definition) is 5. The number of imidazole rings is 1. The lowest BCUT2D eigenvalue weighted by atomic mass is 10.0. The molecular formula is C13H18N4O2. The topological polar surface area (TPSA) is 74.3 Å². The molecule has 1 aromatic carbocycles. The van der Waals surface area contributed by atoms with Gasteiger partial charge in [-0.2, -0.15) is 0 Å². The molecule has 0 saturated carbocycles. The third kappa shape index (κ3) is 2.40. The fraction of sp³-hybridized carbons (Fsp3) is 0.308. The Morgan fingerprint density at radius 1 is 1.32 bits per heavy atom. The first-order chi connectivity index (χ1) is 9.22. The number of nitrogens with zero attached hydrogens (tertiary/aromatic N) is 2. The molecular weight excluding hydrogens is 244 g/mol. The monoisotopic (exact) mass is 262 g/mol. The molecule has 0 amide bonds. The average molecular weight is 262 g/mol. The normalized spacial score (nSPS) is 12.2. The number of nitrogens with two attached hydrogens (primary N) is 1. The van der Waals surface area contributed by atoms with Crippen molar-refractivity contribution in [2.75, 3.05) is 14.2 Å². The number of aryl methyl sites for hydroxylation is 1.